The Kier molecular flexibility index (Phi) is 4.60. The Hall–Kier alpha value is -3.20. The summed E-state index contributed by atoms with van der Waals surface area (Å²) in [7, 11) is 0. The van der Waals surface area contributed by atoms with Crippen molar-refractivity contribution < 1.29 is 0 Å². The number of hydrogen-bond donors (Lipinski definition) is 1. The highest BCUT2D eigenvalue weighted by Crippen LogP contribution is 2.17. The third-order valence-corrected chi connectivity index (χ3v) is 3.40. The minimum absolute atomic E-state index is 0.386. The smallest absolute Gasteiger partial charge is 0.137 e. The normalized spacial score (nSPS) is 10.6. The van der Waals surface area contributed by atoms with E-state index in [0.29, 0.717) is 5.84 Å². The first kappa shape index (κ1) is 14.7. The van der Waals surface area contributed by atoms with E-state index in [9.17, 15) is 0 Å². The summed E-state index contributed by atoms with van der Waals surface area (Å²) in [4.78, 5) is 6.27. The van der Waals surface area contributed by atoms with E-state index in [0.717, 1.165) is 16.9 Å². The number of benzene rings is 3. The maximum atomic E-state index is 8.52. The van der Waals surface area contributed by atoms with Gasteiger partial charge in [0.1, 0.15) is 12.2 Å². The molecule has 0 aliphatic carbocycles. The highest BCUT2D eigenvalue weighted by atomic mass is 15.2. The van der Waals surface area contributed by atoms with Crippen LogP contribution in [0.2, 0.25) is 0 Å². The molecule has 0 fully saturated rings. The summed E-state index contributed by atoms with van der Waals surface area (Å²) in [5.41, 5.74) is 2.60. The molecule has 0 saturated carbocycles. The Labute approximate surface area is 136 Å². The van der Waals surface area contributed by atoms with Crippen molar-refractivity contribution in [2.24, 2.45) is 4.99 Å². The van der Waals surface area contributed by atoms with E-state index in [1.807, 2.05) is 91.0 Å². The fourth-order valence-electron chi connectivity index (χ4n) is 2.22. The molecule has 3 aromatic carbocycles. The van der Waals surface area contributed by atoms with Crippen LogP contribution in [-0.4, -0.2) is 12.2 Å². The number of hydrogen-bond acceptors (Lipinski definition) is 2. The van der Waals surface area contributed by atoms with E-state index in [4.69, 9.17) is 5.41 Å². The van der Waals surface area contributed by atoms with Crippen LogP contribution in [0.1, 0.15) is 5.56 Å². The second kappa shape index (κ2) is 7.18. The number of amidine groups is 1. The van der Waals surface area contributed by atoms with Crippen molar-refractivity contribution in [3.63, 3.8) is 0 Å². The summed E-state index contributed by atoms with van der Waals surface area (Å²) in [6.07, 6.45) is 1.69. The second-order valence-electron chi connectivity index (χ2n) is 5.00. The SMILES string of the molecule is N=C(c1ccccc1)N(/C=N/c1ccccc1)c1ccccc1. The fraction of sp³-hybridized carbons (Fsp3) is 0. The predicted octanol–water partition coefficient (Wildman–Crippen LogP) is 4.88. The van der Waals surface area contributed by atoms with Crippen LogP contribution in [0.15, 0.2) is 96.0 Å². The monoisotopic (exact) mass is 299 g/mol. The zero-order valence-electron chi connectivity index (χ0n) is 12.6. The number of nitrogens with zero attached hydrogens (tertiary/aromatic N) is 2. The molecule has 3 nitrogen and oxygen atoms in total. The Morgan fingerprint density at radius 1 is 0.739 bits per heavy atom. The van der Waals surface area contributed by atoms with Gasteiger partial charge in [-0.3, -0.25) is 10.3 Å². The minimum Gasteiger partial charge on any atom is -0.285 e. The number of para-hydroxylation sites is 2. The van der Waals surface area contributed by atoms with Crippen LogP contribution in [0, 0.1) is 5.41 Å². The quantitative estimate of drug-likeness (QED) is 0.541. The molecule has 0 heterocycles. The molecule has 0 radical (unpaired) electrons. The topological polar surface area (TPSA) is 39.5 Å². The molecular weight excluding hydrogens is 282 g/mol. The summed E-state index contributed by atoms with van der Waals surface area (Å²) in [5.74, 6) is 0.386. The molecule has 23 heavy (non-hydrogen) atoms. The van der Waals surface area contributed by atoms with E-state index in [1.165, 1.54) is 0 Å². The average Bonchev–Trinajstić information content (AvgIpc) is 2.64. The number of rotatable bonds is 4. The van der Waals surface area contributed by atoms with Crippen LogP contribution in [-0.2, 0) is 0 Å². The maximum absolute atomic E-state index is 8.52. The van der Waals surface area contributed by atoms with E-state index in [1.54, 1.807) is 11.2 Å². The van der Waals surface area contributed by atoms with Gasteiger partial charge in [-0.15, -0.1) is 0 Å². The molecule has 3 rings (SSSR count). The summed E-state index contributed by atoms with van der Waals surface area (Å²) < 4.78 is 0. The van der Waals surface area contributed by atoms with Crippen LogP contribution < -0.4 is 4.90 Å². The molecule has 0 aliphatic heterocycles. The lowest BCUT2D eigenvalue weighted by atomic mass is 10.2. The maximum Gasteiger partial charge on any atom is 0.137 e. The number of anilines is 1. The summed E-state index contributed by atoms with van der Waals surface area (Å²) in [6.45, 7) is 0. The first-order valence-corrected chi connectivity index (χ1v) is 7.42. The Balaban J connectivity index is 1.95. The highest BCUT2D eigenvalue weighted by Gasteiger charge is 2.11. The molecular formula is C20H17N3. The Bertz CT molecular complexity index is 781. The van der Waals surface area contributed by atoms with Gasteiger partial charge in [0.05, 0.1) is 5.69 Å². The fourth-order valence-corrected chi connectivity index (χ4v) is 2.22. The molecule has 0 bridgehead atoms. The van der Waals surface area contributed by atoms with Crippen molar-refractivity contribution in [1.29, 1.82) is 5.41 Å². The lowest BCUT2D eigenvalue weighted by Gasteiger charge is -2.20. The highest BCUT2D eigenvalue weighted by molar-refractivity contribution is 6.18. The second-order valence-corrected chi connectivity index (χ2v) is 5.00. The minimum atomic E-state index is 0.386. The van der Waals surface area contributed by atoms with E-state index in [-0.39, 0.29) is 0 Å². The lowest BCUT2D eigenvalue weighted by Crippen LogP contribution is -2.29. The van der Waals surface area contributed by atoms with Gasteiger partial charge in [-0.05, 0) is 24.3 Å². The third-order valence-electron chi connectivity index (χ3n) is 3.40. The van der Waals surface area contributed by atoms with Gasteiger partial charge in [0.15, 0.2) is 0 Å². The number of nitrogens with one attached hydrogen (secondary N) is 1. The van der Waals surface area contributed by atoms with Crippen LogP contribution in [0.5, 0.6) is 0 Å². The summed E-state index contributed by atoms with van der Waals surface area (Å²) in [5, 5.41) is 8.52. The summed E-state index contributed by atoms with van der Waals surface area (Å²) >= 11 is 0. The third kappa shape index (κ3) is 3.71. The molecule has 112 valence electrons. The zero-order valence-corrected chi connectivity index (χ0v) is 12.6. The predicted molar refractivity (Wildman–Crippen MR) is 96.8 cm³/mol. The zero-order chi connectivity index (χ0) is 15.9. The van der Waals surface area contributed by atoms with Crippen LogP contribution in [0.4, 0.5) is 11.4 Å². The molecule has 0 unspecified atom stereocenters. The van der Waals surface area contributed by atoms with Gasteiger partial charge in [0, 0.05) is 11.3 Å². The van der Waals surface area contributed by atoms with Gasteiger partial charge in [0.25, 0.3) is 0 Å². The van der Waals surface area contributed by atoms with Gasteiger partial charge >= 0.3 is 0 Å². The van der Waals surface area contributed by atoms with Gasteiger partial charge in [0.2, 0.25) is 0 Å². The van der Waals surface area contributed by atoms with Crippen molar-refractivity contribution in [2.75, 3.05) is 4.90 Å². The standard InChI is InChI=1S/C20H17N3/c21-20(17-10-4-1-5-11-17)23(19-14-8-3-9-15-19)16-22-18-12-6-2-7-13-18/h1-16,21H/b21-20?,22-16+. The van der Waals surface area contributed by atoms with Gasteiger partial charge in [-0.2, -0.15) is 0 Å². The van der Waals surface area contributed by atoms with E-state index < -0.39 is 0 Å². The molecule has 1 N–H and O–H groups in total. The van der Waals surface area contributed by atoms with Crippen molar-refractivity contribution in [2.45, 2.75) is 0 Å². The Morgan fingerprint density at radius 3 is 1.87 bits per heavy atom. The molecule has 3 heteroatoms. The van der Waals surface area contributed by atoms with Crippen LogP contribution >= 0.6 is 0 Å². The first-order chi connectivity index (χ1) is 11.3. The van der Waals surface area contributed by atoms with Crippen LogP contribution in [0.25, 0.3) is 0 Å². The van der Waals surface area contributed by atoms with E-state index in [2.05, 4.69) is 4.99 Å². The van der Waals surface area contributed by atoms with Crippen molar-refractivity contribution in [1.82, 2.24) is 0 Å². The summed E-state index contributed by atoms with van der Waals surface area (Å²) in [6, 6.07) is 29.2. The molecule has 0 aliphatic rings. The van der Waals surface area contributed by atoms with Crippen molar-refractivity contribution >= 4 is 23.5 Å². The molecule has 0 spiro atoms. The molecule has 0 saturated heterocycles. The van der Waals surface area contributed by atoms with E-state index >= 15 is 0 Å². The first-order valence-electron chi connectivity index (χ1n) is 7.42. The largest absolute Gasteiger partial charge is 0.285 e. The van der Waals surface area contributed by atoms with Gasteiger partial charge < -0.3 is 0 Å². The van der Waals surface area contributed by atoms with Crippen LogP contribution in [0.3, 0.4) is 0 Å². The average molecular weight is 299 g/mol. The molecule has 3 aromatic rings. The van der Waals surface area contributed by atoms with Crippen molar-refractivity contribution in [3.8, 4) is 0 Å². The van der Waals surface area contributed by atoms with Crippen molar-refractivity contribution in [3.05, 3.63) is 96.6 Å². The Morgan fingerprint density at radius 2 is 1.26 bits per heavy atom. The van der Waals surface area contributed by atoms with Gasteiger partial charge in [-0.25, -0.2) is 4.99 Å². The molecule has 0 aromatic heterocycles. The number of aliphatic imine (C=N–C) groups is 1. The molecule has 0 atom stereocenters. The lowest BCUT2D eigenvalue weighted by molar-refractivity contribution is 1.34. The molecule has 0 amide bonds. The van der Waals surface area contributed by atoms with Gasteiger partial charge in [-0.1, -0.05) is 66.7 Å².